The van der Waals surface area contributed by atoms with Crippen LogP contribution < -0.4 is 9.46 Å². The van der Waals surface area contributed by atoms with Crippen LogP contribution >= 0.6 is 0 Å². The molecule has 23 heavy (non-hydrogen) atoms. The van der Waals surface area contributed by atoms with E-state index in [0.29, 0.717) is 11.3 Å². The monoisotopic (exact) mass is 328 g/mol. The Morgan fingerprint density at radius 1 is 0.957 bits per heavy atom. The van der Waals surface area contributed by atoms with Gasteiger partial charge in [-0.05, 0) is 24.3 Å². The molecule has 6 heteroatoms. The van der Waals surface area contributed by atoms with Crippen molar-refractivity contribution in [2.75, 3.05) is 13.2 Å². The maximum atomic E-state index is 12.5. The zero-order chi connectivity index (χ0) is 16.1. The van der Waals surface area contributed by atoms with E-state index in [9.17, 15) is 8.42 Å². The number of nitrogens with zero attached hydrogens (tertiary/aromatic N) is 1. The van der Waals surface area contributed by atoms with Crippen molar-refractivity contribution in [2.24, 2.45) is 0 Å². The smallest absolute Gasteiger partial charge is 0.242 e. The molecule has 0 amide bonds. The fourth-order valence-electron chi connectivity index (χ4n) is 2.23. The molecule has 5 nitrogen and oxygen atoms in total. The number of ether oxygens (including phenoxy) is 1. The highest BCUT2D eigenvalue weighted by molar-refractivity contribution is 7.89. The molecule has 0 unspecified atom stereocenters. The molecule has 3 rings (SSSR count). The van der Waals surface area contributed by atoms with Gasteiger partial charge in [0.05, 0.1) is 5.52 Å². The molecule has 0 aliphatic heterocycles. The summed E-state index contributed by atoms with van der Waals surface area (Å²) < 4.78 is 32.9. The summed E-state index contributed by atoms with van der Waals surface area (Å²) in [5.74, 6) is 0.707. The third kappa shape index (κ3) is 3.67. The molecule has 0 bridgehead atoms. The predicted octanol–water partition coefficient (Wildman–Crippen LogP) is 2.59. The minimum Gasteiger partial charge on any atom is -0.492 e. The van der Waals surface area contributed by atoms with Crippen LogP contribution in [0.4, 0.5) is 0 Å². The zero-order valence-corrected chi connectivity index (χ0v) is 13.2. The highest BCUT2D eigenvalue weighted by Crippen LogP contribution is 2.20. The lowest BCUT2D eigenvalue weighted by molar-refractivity contribution is 0.323. The quantitative estimate of drug-likeness (QED) is 0.706. The Morgan fingerprint density at radius 3 is 2.57 bits per heavy atom. The number of aromatic nitrogens is 1. The van der Waals surface area contributed by atoms with Crippen molar-refractivity contribution < 1.29 is 13.2 Å². The molecule has 0 radical (unpaired) electrons. The van der Waals surface area contributed by atoms with E-state index in [1.165, 1.54) is 0 Å². The first-order valence-corrected chi connectivity index (χ1v) is 8.66. The summed E-state index contributed by atoms with van der Waals surface area (Å²) in [5, 5.41) is 0.788. The highest BCUT2D eigenvalue weighted by Gasteiger charge is 2.17. The van der Waals surface area contributed by atoms with Crippen LogP contribution in [0.1, 0.15) is 0 Å². The molecule has 2 aromatic carbocycles. The normalized spacial score (nSPS) is 11.5. The van der Waals surface area contributed by atoms with Crippen molar-refractivity contribution >= 4 is 20.9 Å². The van der Waals surface area contributed by atoms with Gasteiger partial charge in [0.15, 0.2) is 0 Å². The van der Waals surface area contributed by atoms with Crippen LogP contribution in [0, 0.1) is 0 Å². The molecule has 1 aromatic heterocycles. The zero-order valence-electron chi connectivity index (χ0n) is 12.3. The van der Waals surface area contributed by atoms with Crippen LogP contribution in [-0.2, 0) is 10.0 Å². The van der Waals surface area contributed by atoms with Crippen molar-refractivity contribution in [1.82, 2.24) is 9.71 Å². The van der Waals surface area contributed by atoms with E-state index in [4.69, 9.17) is 4.74 Å². The first-order chi connectivity index (χ1) is 11.2. The van der Waals surface area contributed by atoms with Gasteiger partial charge in [0.25, 0.3) is 0 Å². The molecule has 0 fully saturated rings. The van der Waals surface area contributed by atoms with Crippen LogP contribution in [-0.4, -0.2) is 26.6 Å². The second-order valence-electron chi connectivity index (χ2n) is 4.89. The number of hydrogen-bond acceptors (Lipinski definition) is 4. The van der Waals surface area contributed by atoms with Gasteiger partial charge in [-0.25, -0.2) is 13.1 Å². The van der Waals surface area contributed by atoms with Gasteiger partial charge in [-0.2, -0.15) is 0 Å². The first-order valence-electron chi connectivity index (χ1n) is 7.18. The molecular formula is C17H16N2O3S. The van der Waals surface area contributed by atoms with Crippen molar-refractivity contribution in [3.05, 3.63) is 66.9 Å². The van der Waals surface area contributed by atoms with Gasteiger partial charge in [0.2, 0.25) is 10.0 Å². The average Bonchev–Trinajstić information content (AvgIpc) is 2.59. The fraction of sp³-hybridized carbons (Fsp3) is 0.118. The largest absolute Gasteiger partial charge is 0.492 e. The van der Waals surface area contributed by atoms with E-state index >= 15 is 0 Å². The van der Waals surface area contributed by atoms with E-state index in [1.54, 1.807) is 24.4 Å². The molecule has 3 aromatic rings. The molecular weight excluding hydrogens is 312 g/mol. The minimum absolute atomic E-state index is 0.176. The van der Waals surface area contributed by atoms with E-state index in [2.05, 4.69) is 9.71 Å². The van der Waals surface area contributed by atoms with Crippen LogP contribution in [0.15, 0.2) is 71.8 Å². The lowest BCUT2D eigenvalue weighted by atomic mass is 10.2. The van der Waals surface area contributed by atoms with Crippen molar-refractivity contribution in [2.45, 2.75) is 4.90 Å². The number of benzene rings is 2. The SMILES string of the molecule is O=S(=O)(NCCOc1ccccc1)c1cccc2cccnc12. The number of para-hydroxylation sites is 2. The molecule has 0 saturated carbocycles. The maximum Gasteiger partial charge on any atom is 0.242 e. The fourth-order valence-corrected chi connectivity index (χ4v) is 3.42. The van der Waals surface area contributed by atoms with Crippen molar-refractivity contribution in [1.29, 1.82) is 0 Å². The summed E-state index contributed by atoms with van der Waals surface area (Å²) >= 11 is 0. The summed E-state index contributed by atoms with van der Waals surface area (Å²) in [7, 11) is -3.63. The van der Waals surface area contributed by atoms with Crippen LogP contribution in [0.2, 0.25) is 0 Å². The summed E-state index contributed by atoms with van der Waals surface area (Å²) in [6.07, 6.45) is 1.58. The van der Waals surface area contributed by atoms with Crippen LogP contribution in [0.25, 0.3) is 10.9 Å². The molecule has 1 N–H and O–H groups in total. The van der Waals surface area contributed by atoms with Gasteiger partial charge in [-0.15, -0.1) is 0 Å². The Labute approximate surface area is 135 Å². The minimum atomic E-state index is -3.63. The molecule has 0 saturated heterocycles. The van der Waals surface area contributed by atoms with Gasteiger partial charge < -0.3 is 4.74 Å². The van der Waals surface area contributed by atoms with Gasteiger partial charge in [0, 0.05) is 18.1 Å². The van der Waals surface area contributed by atoms with Gasteiger partial charge in [-0.3, -0.25) is 4.98 Å². The second kappa shape index (κ2) is 6.76. The summed E-state index contributed by atoms with van der Waals surface area (Å²) in [6.45, 7) is 0.432. The highest BCUT2D eigenvalue weighted by atomic mass is 32.2. The topological polar surface area (TPSA) is 68.3 Å². The van der Waals surface area contributed by atoms with E-state index in [-0.39, 0.29) is 18.0 Å². The maximum absolute atomic E-state index is 12.5. The Hall–Kier alpha value is -2.44. The van der Waals surface area contributed by atoms with Gasteiger partial charge >= 0.3 is 0 Å². The third-order valence-corrected chi connectivity index (χ3v) is 4.78. The van der Waals surface area contributed by atoms with Crippen molar-refractivity contribution in [3.8, 4) is 5.75 Å². The standard InChI is InChI=1S/C17H16N2O3S/c20-23(21,19-12-13-22-15-8-2-1-3-9-15)16-10-4-6-14-7-5-11-18-17(14)16/h1-11,19H,12-13H2. The van der Waals surface area contributed by atoms with Crippen LogP contribution in [0.5, 0.6) is 5.75 Å². The average molecular weight is 328 g/mol. The Balaban J connectivity index is 1.69. The second-order valence-corrected chi connectivity index (χ2v) is 6.63. The number of hydrogen-bond donors (Lipinski definition) is 1. The Bertz CT molecular complexity index is 891. The summed E-state index contributed by atoms with van der Waals surface area (Å²) in [5.41, 5.74) is 0.464. The first kappa shape index (κ1) is 15.5. The van der Waals surface area contributed by atoms with E-state index in [1.807, 2.05) is 42.5 Å². The lowest BCUT2D eigenvalue weighted by Gasteiger charge is -2.10. The molecule has 0 spiro atoms. The number of nitrogens with one attached hydrogen (secondary N) is 1. The predicted molar refractivity (Wildman–Crippen MR) is 88.9 cm³/mol. The molecule has 118 valence electrons. The lowest BCUT2D eigenvalue weighted by Crippen LogP contribution is -2.28. The molecule has 0 aliphatic carbocycles. The van der Waals surface area contributed by atoms with Crippen LogP contribution in [0.3, 0.4) is 0 Å². The Kier molecular flexibility index (Phi) is 4.55. The number of sulfonamides is 1. The number of rotatable bonds is 6. The molecule has 0 aliphatic rings. The molecule has 0 atom stereocenters. The number of fused-ring (bicyclic) bond motifs is 1. The number of pyridine rings is 1. The van der Waals surface area contributed by atoms with Crippen molar-refractivity contribution in [3.63, 3.8) is 0 Å². The van der Waals surface area contributed by atoms with Gasteiger partial charge in [0.1, 0.15) is 17.3 Å². The van der Waals surface area contributed by atoms with Gasteiger partial charge in [-0.1, -0.05) is 36.4 Å². The summed E-state index contributed by atoms with van der Waals surface area (Å²) in [4.78, 5) is 4.35. The summed E-state index contributed by atoms with van der Waals surface area (Å²) in [6, 6.07) is 18.0. The Morgan fingerprint density at radius 2 is 1.74 bits per heavy atom. The molecule has 1 heterocycles. The van der Waals surface area contributed by atoms with E-state index in [0.717, 1.165) is 5.39 Å². The third-order valence-electron chi connectivity index (χ3n) is 3.29. The van der Waals surface area contributed by atoms with E-state index < -0.39 is 10.0 Å².